The van der Waals surface area contributed by atoms with Gasteiger partial charge in [-0.1, -0.05) is 6.92 Å². The number of carboxylic acids is 1. The Morgan fingerprint density at radius 3 is 2.30 bits per heavy atom. The predicted molar refractivity (Wildman–Crippen MR) is 64.5 cm³/mol. The molecule has 0 aliphatic rings. The third-order valence-electron chi connectivity index (χ3n) is 2.60. The van der Waals surface area contributed by atoms with E-state index in [4.69, 9.17) is 5.11 Å². The van der Waals surface area contributed by atoms with E-state index in [1.807, 2.05) is 0 Å². The van der Waals surface area contributed by atoms with Gasteiger partial charge >= 0.3 is 5.97 Å². The van der Waals surface area contributed by atoms with Crippen molar-refractivity contribution in [3.05, 3.63) is 35.1 Å². The van der Waals surface area contributed by atoms with Crippen LogP contribution in [0.25, 0.3) is 0 Å². The van der Waals surface area contributed by atoms with Gasteiger partial charge in [-0.3, -0.25) is 9.59 Å². The number of nitrogens with zero attached hydrogens (tertiary/aromatic N) is 1. The molecule has 1 amide bonds. The molecule has 20 heavy (non-hydrogen) atoms. The fourth-order valence-electron chi connectivity index (χ4n) is 1.70. The molecule has 0 heterocycles. The monoisotopic (exact) mass is 289 g/mol. The van der Waals surface area contributed by atoms with Crippen molar-refractivity contribution >= 4 is 11.9 Å². The van der Waals surface area contributed by atoms with E-state index in [-0.39, 0.29) is 12.1 Å². The molecule has 0 saturated heterocycles. The highest BCUT2D eigenvalue weighted by atomic mass is 19.2. The maximum absolute atomic E-state index is 13.4. The van der Waals surface area contributed by atoms with E-state index in [0.29, 0.717) is 18.6 Å². The number of hydrogen-bond acceptors (Lipinski definition) is 2. The lowest BCUT2D eigenvalue weighted by atomic mass is 10.1. The van der Waals surface area contributed by atoms with Gasteiger partial charge in [-0.2, -0.15) is 0 Å². The first kappa shape index (κ1) is 16.0. The standard InChI is InChI=1S/C13H14F3NO3/c1-2-3-17(7-13(19)20)12(18)5-8-4-10(15)11(16)6-9(8)14/h4,6H,2-3,5,7H2,1H3,(H,19,20). The van der Waals surface area contributed by atoms with Crippen LogP contribution in [0.1, 0.15) is 18.9 Å². The Bertz CT molecular complexity index is 520. The molecule has 0 unspecified atom stereocenters. The van der Waals surface area contributed by atoms with Crippen LogP contribution in [-0.4, -0.2) is 35.0 Å². The number of halogens is 3. The first-order valence-corrected chi connectivity index (χ1v) is 5.98. The summed E-state index contributed by atoms with van der Waals surface area (Å²) in [4.78, 5) is 23.5. The highest BCUT2D eigenvalue weighted by Crippen LogP contribution is 2.15. The molecule has 1 rings (SSSR count). The van der Waals surface area contributed by atoms with Gasteiger partial charge in [0.1, 0.15) is 12.4 Å². The summed E-state index contributed by atoms with van der Waals surface area (Å²) in [6.45, 7) is 1.43. The number of benzene rings is 1. The summed E-state index contributed by atoms with van der Waals surface area (Å²) in [6, 6.07) is 0.965. The van der Waals surface area contributed by atoms with Crippen LogP contribution in [-0.2, 0) is 16.0 Å². The fourth-order valence-corrected chi connectivity index (χ4v) is 1.70. The topological polar surface area (TPSA) is 57.6 Å². The van der Waals surface area contributed by atoms with Crippen LogP contribution in [0.2, 0.25) is 0 Å². The second-order valence-electron chi connectivity index (χ2n) is 4.24. The molecule has 110 valence electrons. The Labute approximate surface area is 113 Å². The molecule has 0 saturated carbocycles. The van der Waals surface area contributed by atoms with E-state index in [2.05, 4.69) is 0 Å². The van der Waals surface area contributed by atoms with Gasteiger partial charge in [0.2, 0.25) is 5.91 Å². The number of amides is 1. The minimum Gasteiger partial charge on any atom is -0.480 e. The lowest BCUT2D eigenvalue weighted by Crippen LogP contribution is -2.37. The minimum atomic E-state index is -1.34. The molecule has 0 fully saturated rings. The van der Waals surface area contributed by atoms with Crippen molar-refractivity contribution in [2.24, 2.45) is 0 Å². The Morgan fingerprint density at radius 1 is 1.15 bits per heavy atom. The normalized spacial score (nSPS) is 10.4. The quantitative estimate of drug-likeness (QED) is 0.815. The van der Waals surface area contributed by atoms with Crippen molar-refractivity contribution < 1.29 is 27.9 Å². The first-order chi connectivity index (χ1) is 9.35. The van der Waals surface area contributed by atoms with Crippen LogP contribution in [0.3, 0.4) is 0 Å². The Kier molecular flexibility index (Phi) is 5.54. The zero-order chi connectivity index (χ0) is 15.3. The first-order valence-electron chi connectivity index (χ1n) is 5.98. The van der Waals surface area contributed by atoms with Gasteiger partial charge in [0, 0.05) is 18.2 Å². The van der Waals surface area contributed by atoms with Crippen molar-refractivity contribution in [1.29, 1.82) is 0 Å². The van der Waals surface area contributed by atoms with Crippen LogP contribution < -0.4 is 0 Å². The van der Waals surface area contributed by atoms with E-state index in [1.165, 1.54) is 0 Å². The lowest BCUT2D eigenvalue weighted by molar-refractivity contribution is -0.144. The number of hydrogen-bond donors (Lipinski definition) is 1. The van der Waals surface area contributed by atoms with Crippen LogP contribution in [0.5, 0.6) is 0 Å². The molecule has 0 spiro atoms. The van der Waals surface area contributed by atoms with Gasteiger partial charge < -0.3 is 10.0 Å². The number of carbonyl (C=O) groups excluding carboxylic acids is 1. The Morgan fingerprint density at radius 2 is 1.75 bits per heavy atom. The smallest absolute Gasteiger partial charge is 0.323 e. The van der Waals surface area contributed by atoms with Crippen molar-refractivity contribution in [2.75, 3.05) is 13.1 Å². The molecule has 4 nitrogen and oxygen atoms in total. The molecule has 0 aliphatic heterocycles. The maximum atomic E-state index is 13.4. The number of rotatable bonds is 6. The predicted octanol–water partition coefficient (Wildman–Crippen LogP) is 1.97. The number of carbonyl (C=O) groups is 2. The van der Waals surface area contributed by atoms with E-state index in [9.17, 15) is 22.8 Å². The van der Waals surface area contributed by atoms with Crippen LogP contribution >= 0.6 is 0 Å². The van der Waals surface area contributed by atoms with E-state index >= 15 is 0 Å². The minimum absolute atomic E-state index is 0.191. The average molecular weight is 289 g/mol. The van der Waals surface area contributed by atoms with Crippen LogP contribution in [0.15, 0.2) is 12.1 Å². The number of aliphatic carboxylic acids is 1. The van der Waals surface area contributed by atoms with Gasteiger partial charge in [-0.05, 0) is 12.5 Å². The third-order valence-corrected chi connectivity index (χ3v) is 2.60. The zero-order valence-corrected chi connectivity index (χ0v) is 10.8. The summed E-state index contributed by atoms with van der Waals surface area (Å²) in [5.41, 5.74) is -0.305. The van der Waals surface area contributed by atoms with Crippen LogP contribution in [0, 0.1) is 17.5 Å². The highest BCUT2D eigenvalue weighted by Gasteiger charge is 2.19. The molecule has 1 N–H and O–H groups in total. The maximum Gasteiger partial charge on any atom is 0.323 e. The van der Waals surface area contributed by atoms with E-state index in [1.54, 1.807) is 6.92 Å². The molecular formula is C13H14F3NO3. The second kappa shape index (κ2) is 6.93. The molecule has 1 aromatic rings. The highest BCUT2D eigenvalue weighted by molar-refractivity contribution is 5.83. The largest absolute Gasteiger partial charge is 0.480 e. The summed E-state index contributed by atoms with van der Waals surface area (Å²) >= 11 is 0. The SMILES string of the molecule is CCCN(CC(=O)O)C(=O)Cc1cc(F)c(F)cc1F. The summed E-state index contributed by atoms with van der Waals surface area (Å²) in [5.74, 6) is -5.48. The van der Waals surface area contributed by atoms with Gasteiger partial charge in [0.25, 0.3) is 0 Å². The molecule has 1 aromatic carbocycles. The molecule has 7 heteroatoms. The zero-order valence-electron chi connectivity index (χ0n) is 10.8. The summed E-state index contributed by atoms with van der Waals surface area (Å²) in [7, 11) is 0. The van der Waals surface area contributed by atoms with E-state index in [0.717, 1.165) is 4.90 Å². The second-order valence-corrected chi connectivity index (χ2v) is 4.24. The molecule has 0 aliphatic carbocycles. The van der Waals surface area contributed by atoms with Crippen LogP contribution in [0.4, 0.5) is 13.2 Å². The van der Waals surface area contributed by atoms with Crippen molar-refractivity contribution in [1.82, 2.24) is 4.90 Å². The molecular weight excluding hydrogens is 275 g/mol. The van der Waals surface area contributed by atoms with Crippen molar-refractivity contribution in [3.8, 4) is 0 Å². The lowest BCUT2D eigenvalue weighted by Gasteiger charge is -2.20. The average Bonchev–Trinajstić information content (AvgIpc) is 2.34. The van der Waals surface area contributed by atoms with Gasteiger partial charge in [-0.15, -0.1) is 0 Å². The Hall–Kier alpha value is -2.05. The fraction of sp³-hybridized carbons (Fsp3) is 0.385. The van der Waals surface area contributed by atoms with Gasteiger partial charge in [0.15, 0.2) is 11.6 Å². The molecule has 0 aromatic heterocycles. The summed E-state index contributed by atoms with van der Waals surface area (Å²) in [5, 5.41) is 8.68. The molecule has 0 radical (unpaired) electrons. The molecule has 0 atom stereocenters. The van der Waals surface area contributed by atoms with Crippen molar-refractivity contribution in [3.63, 3.8) is 0 Å². The summed E-state index contributed by atoms with van der Waals surface area (Å²) < 4.78 is 39.2. The van der Waals surface area contributed by atoms with Gasteiger partial charge in [0.05, 0.1) is 6.42 Å². The van der Waals surface area contributed by atoms with Gasteiger partial charge in [-0.25, -0.2) is 13.2 Å². The Balaban J connectivity index is 2.87. The third kappa shape index (κ3) is 4.25. The molecule has 0 bridgehead atoms. The van der Waals surface area contributed by atoms with Crippen molar-refractivity contribution in [2.45, 2.75) is 19.8 Å². The van der Waals surface area contributed by atoms with E-state index < -0.39 is 42.3 Å². The number of carboxylic acid groups (broad SMARTS) is 1. The summed E-state index contributed by atoms with van der Waals surface area (Å²) in [6.07, 6.45) is 0.00952.